The van der Waals surface area contributed by atoms with Crippen LogP contribution in [0.15, 0.2) is 126 Å². The average Bonchev–Trinajstić information content (AvgIpc) is 3.44. The molecule has 0 aliphatic heterocycles. The zero-order valence-corrected chi connectivity index (χ0v) is 25.6. The normalized spacial score (nSPS) is 12.2. The van der Waals surface area contributed by atoms with Crippen molar-refractivity contribution in [3.05, 3.63) is 144 Å². The van der Waals surface area contributed by atoms with E-state index in [1.165, 1.54) is 16.7 Å². The summed E-state index contributed by atoms with van der Waals surface area (Å²) in [5, 5.41) is 4.73. The average molecular weight is 555 g/mol. The molecule has 1 N–H and O–H groups in total. The lowest BCUT2D eigenvalue weighted by Gasteiger charge is -2.24. The molecule has 0 aliphatic carbocycles. The highest BCUT2D eigenvalue weighted by molar-refractivity contribution is 5.83. The van der Waals surface area contributed by atoms with Gasteiger partial charge in [-0.25, -0.2) is 0 Å². The van der Waals surface area contributed by atoms with Crippen LogP contribution in [0.1, 0.15) is 55.9 Å². The van der Waals surface area contributed by atoms with Crippen molar-refractivity contribution in [3.63, 3.8) is 0 Å². The van der Waals surface area contributed by atoms with Gasteiger partial charge in [-0.2, -0.15) is 0 Å². The van der Waals surface area contributed by atoms with Crippen molar-refractivity contribution in [1.29, 1.82) is 0 Å². The summed E-state index contributed by atoms with van der Waals surface area (Å²) in [6, 6.07) is 36.4. The van der Waals surface area contributed by atoms with Crippen LogP contribution in [0.2, 0.25) is 0 Å². The molecule has 214 valence electrons. The van der Waals surface area contributed by atoms with Crippen LogP contribution in [0, 0.1) is 0 Å². The molecule has 1 atom stereocenters. The van der Waals surface area contributed by atoms with E-state index in [0.717, 1.165) is 57.9 Å². The number of fused-ring (bicyclic) bond motifs is 1. The standard InChI is InChI=1S/C39H42N2O/c1-8-41(7)28(3)30-15-13-29(14-16-30)25-36(31-17-21-34(22-18-31)39(4,5)6)27(2)40-35-23-19-32(20-24-35)38-26-33-11-9-10-12-37(33)42-38/h9-24,26,36,40H,2-3,8,25H2,1,4-7H3. The van der Waals surface area contributed by atoms with E-state index in [1.807, 2.05) is 18.2 Å². The predicted molar refractivity (Wildman–Crippen MR) is 180 cm³/mol. The molecule has 0 radical (unpaired) electrons. The van der Waals surface area contributed by atoms with Crippen molar-refractivity contribution >= 4 is 22.4 Å². The van der Waals surface area contributed by atoms with Gasteiger partial charge in [-0.15, -0.1) is 0 Å². The van der Waals surface area contributed by atoms with Crippen LogP contribution in [0.4, 0.5) is 5.69 Å². The highest BCUT2D eigenvalue weighted by Gasteiger charge is 2.19. The number of hydrogen-bond acceptors (Lipinski definition) is 3. The van der Waals surface area contributed by atoms with Crippen LogP contribution in [0.25, 0.3) is 28.0 Å². The Kier molecular flexibility index (Phi) is 8.40. The minimum absolute atomic E-state index is 0.0986. The number of para-hydroxylation sites is 1. The lowest BCUT2D eigenvalue weighted by atomic mass is 9.84. The van der Waals surface area contributed by atoms with E-state index in [2.05, 4.69) is 143 Å². The molecule has 3 heteroatoms. The summed E-state index contributed by atoms with van der Waals surface area (Å²) >= 11 is 0. The Bertz CT molecular complexity index is 1630. The summed E-state index contributed by atoms with van der Waals surface area (Å²) in [4.78, 5) is 2.17. The number of allylic oxidation sites excluding steroid dienone is 1. The molecule has 0 bridgehead atoms. The molecule has 0 fully saturated rings. The Morgan fingerprint density at radius 2 is 1.52 bits per heavy atom. The monoisotopic (exact) mass is 554 g/mol. The van der Waals surface area contributed by atoms with Crippen molar-refractivity contribution in [3.8, 4) is 11.3 Å². The van der Waals surface area contributed by atoms with E-state index in [1.54, 1.807) is 0 Å². The molecular formula is C39H42N2O. The van der Waals surface area contributed by atoms with Gasteiger partial charge in [-0.1, -0.05) is 101 Å². The molecule has 1 aromatic heterocycles. The summed E-state index contributed by atoms with van der Waals surface area (Å²) in [6.45, 7) is 18.6. The summed E-state index contributed by atoms with van der Waals surface area (Å²) in [7, 11) is 2.08. The van der Waals surface area contributed by atoms with Crippen LogP contribution < -0.4 is 5.32 Å². The fourth-order valence-electron chi connectivity index (χ4n) is 5.25. The highest BCUT2D eigenvalue weighted by atomic mass is 16.3. The van der Waals surface area contributed by atoms with Gasteiger partial charge in [0, 0.05) is 47.5 Å². The zero-order chi connectivity index (χ0) is 29.9. The van der Waals surface area contributed by atoms with Gasteiger partial charge < -0.3 is 14.6 Å². The second-order valence-corrected chi connectivity index (χ2v) is 12.2. The second-order valence-electron chi connectivity index (χ2n) is 12.2. The maximum absolute atomic E-state index is 6.07. The third-order valence-corrected chi connectivity index (χ3v) is 8.16. The molecule has 0 amide bonds. The topological polar surface area (TPSA) is 28.4 Å². The van der Waals surface area contributed by atoms with E-state index in [9.17, 15) is 0 Å². The van der Waals surface area contributed by atoms with Gasteiger partial charge >= 0.3 is 0 Å². The quantitative estimate of drug-likeness (QED) is 0.186. The zero-order valence-electron chi connectivity index (χ0n) is 25.6. The van der Waals surface area contributed by atoms with Crippen LogP contribution in [0.3, 0.4) is 0 Å². The minimum atomic E-state index is 0.0986. The van der Waals surface area contributed by atoms with Gasteiger partial charge in [0.2, 0.25) is 0 Å². The van der Waals surface area contributed by atoms with Crippen LogP contribution in [-0.4, -0.2) is 18.5 Å². The molecule has 42 heavy (non-hydrogen) atoms. The smallest absolute Gasteiger partial charge is 0.135 e. The number of nitrogens with zero attached hydrogens (tertiary/aromatic N) is 1. The van der Waals surface area contributed by atoms with Crippen molar-refractivity contribution < 1.29 is 4.42 Å². The van der Waals surface area contributed by atoms with Gasteiger partial charge in [0.05, 0.1) is 0 Å². The summed E-state index contributed by atoms with van der Waals surface area (Å²) in [5.41, 5.74) is 10.1. The maximum atomic E-state index is 6.07. The van der Waals surface area contributed by atoms with Crippen molar-refractivity contribution in [2.45, 2.75) is 45.4 Å². The summed E-state index contributed by atoms with van der Waals surface area (Å²) in [6.07, 6.45) is 0.841. The predicted octanol–water partition coefficient (Wildman–Crippen LogP) is 10.3. The van der Waals surface area contributed by atoms with Crippen molar-refractivity contribution in [2.75, 3.05) is 18.9 Å². The van der Waals surface area contributed by atoms with Crippen LogP contribution in [0.5, 0.6) is 0 Å². The number of benzene rings is 4. The van der Waals surface area contributed by atoms with Gasteiger partial charge in [-0.05, 0) is 77.4 Å². The van der Waals surface area contributed by atoms with E-state index in [-0.39, 0.29) is 11.3 Å². The molecule has 0 aliphatic rings. The largest absolute Gasteiger partial charge is 0.456 e. The van der Waals surface area contributed by atoms with Crippen LogP contribution in [-0.2, 0) is 11.8 Å². The molecule has 1 unspecified atom stereocenters. The van der Waals surface area contributed by atoms with E-state index in [0.29, 0.717) is 0 Å². The number of furan rings is 1. The molecule has 5 rings (SSSR count). The molecule has 1 heterocycles. The van der Waals surface area contributed by atoms with E-state index in [4.69, 9.17) is 4.42 Å². The highest BCUT2D eigenvalue weighted by Crippen LogP contribution is 2.33. The first-order valence-corrected chi connectivity index (χ1v) is 14.8. The maximum Gasteiger partial charge on any atom is 0.135 e. The second kappa shape index (κ2) is 12.2. The first-order valence-electron chi connectivity index (χ1n) is 14.8. The minimum Gasteiger partial charge on any atom is -0.456 e. The number of nitrogens with one attached hydrogen (secondary N) is 1. The van der Waals surface area contributed by atoms with Gasteiger partial charge in [-0.3, -0.25) is 0 Å². The molecule has 0 saturated heterocycles. The summed E-state index contributed by atoms with van der Waals surface area (Å²) < 4.78 is 6.07. The Morgan fingerprint density at radius 3 is 2.14 bits per heavy atom. The first kappa shape index (κ1) is 29.0. The lowest BCUT2D eigenvalue weighted by molar-refractivity contribution is 0.510. The van der Waals surface area contributed by atoms with E-state index >= 15 is 0 Å². The van der Waals surface area contributed by atoms with Crippen molar-refractivity contribution in [2.24, 2.45) is 0 Å². The fraction of sp³-hybridized carbons (Fsp3) is 0.231. The van der Waals surface area contributed by atoms with Crippen LogP contribution >= 0.6 is 0 Å². The van der Waals surface area contributed by atoms with Gasteiger partial charge in [0.1, 0.15) is 11.3 Å². The van der Waals surface area contributed by atoms with E-state index < -0.39 is 0 Å². The molecule has 0 spiro atoms. The molecular weight excluding hydrogens is 512 g/mol. The van der Waals surface area contributed by atoms with Gasteiger partial charge in [0.25, 0.3) is 0 Å². The molecule has 4 aromatic carbocycles. The Morgan fingerprint density at radius 1 is 0.857 bits per heavy atom. The SMILES string of the molecule is C=C(Nc1ccc(-c2cc3ccccc3o2)cc1)C(Cc1ccc(C(=C)N(C)CC)cc1)c1ccc(C(C)(C)C)cc1. The molecule has 5 aromatic rings. The number of anilines is 1. The van der Waals surface area contributed by atoms with Crippen molar-refractivity contribution in [1.82, 2.24) is 4.90 Å². The number of rotatable bonds is 10. The number of hydrogen-bond donors (Lipinski definition) is 1. The third kappa shape index (κ3) is 6.52. The Hall–Kier alpha value is -4.50. The molecule has 0 saturated carbocycles. The van der Waals surface area contributed by atoms with Gasteiger partial charge in [0.15, 0.2) is 0 Å². The third-order valence-electron chi connectivity index (χ3n) is 8.16. The summed E-state index contributed by atoms with van der Waals surface area (Å²) in [5.74, 6) is 0.969. The Labute approximate surface area is 251 Å². The first-order chi connectivity index (χ1) is 20.1. The Balaban J connectivity index is 1.37. The lowest BCUT2D eigenvalue weighted by Crippen LogP contribution is -2.15. The fourth-order valence-corrected chi connectivity index (χ4v) is 5.25. The molecule has 3 nitrogen and oxygen atoms in total.